The fourth-order valence-electron chi connectivity index (χ4n) is 3.27. The number of ether oxygens (including phenoxy) is 1. The Balaban J connectivity index is 1.75. The van der Waals surface area contributed by atoms with E-state index in [4.69, 9.17) is 9.72 Å². The molecule has 24 heavy (non-hydrogen) atoms. The summed E-state index contributed by atoms with van der Waals surface area (Å²) in [6.45, 7) is 8.67. The Morgan fingerprint density at radius 3 is 2.58 bits per heavy atom. The van der Waals surface area contributed by atoms with Gasteiger partial charge in [-0.3, -0.25) is 9.69 Å². The third-order valence-electron chi connectivity index (χ3n) is 4.11. The number of aromatic nitrogens is 1. The molecule has 0 saturated carbocycles. The first-order valence-corrected chi connectivity index (χ1v) is 9.20. The van der Waals surface area contributed by atoms with Crippen molar-refractivity contribution in [3.8, 4) is 0 Å². The zero-order valence-corrected chi connectivity index (χ0v) is 15.2. The zero-order chi connectivity index (χ0) is 17.1. The van der Waals surface area contributed by atoms with E-state index in [9.17, 15) is 4.79 Å². The Hall–Kier alpha value is -1.76. The van der Waals surface area contributed by atoms with Crippen LogP contribution in [-0.2, 0) is 16.1 Å². The van der Waals surface area contributed by atoms with Gasteiger partial charge in [0.25, 0.3) is 0 Å². The van der Waals surface area contributed by atoms with Crippen molar-refractivity contribution in [2.24, 2.45) is 0 Å². The van der Waals surface area contributed by atoms with Crippen molar-refractivity contribution in [1.82, 2.24) is 4.98 Å². The Morgan fingerprint density at radius 2 is 1.96 bits per heavy atom. The Bertz CT molecular complexity index is 679. The number of amides is 1. The number of para-hydroxylation sites is 1. The van der Waals surface area contributed by atoms with Gasteiger partial charge in [-0.2, -0.15) is 0 Å². The molecule has 1 aromatic heterocycles. The van der Waals surface area contributed by atoms with Crippen LogP contribution in [0.2, 0.25) is 0 Å². The van der Waals surface area contributed by atoms with E-state index in [0.29, 0.717) is 0 Å². The predicted octanol–water partition coefficient (Wildman–Crippen LogP) is 2.02. The highest BCUT2D eigenvalue weighted by atomic mass is 32.1. The number of carbonyl (C=O) groups excluding carboxylic acids is 1. The highest BCUT2D eigenvalue weighted by molar-refractivity contribution is 7.14. The number of morpholine rings is 1. The molecule has 2 atom stereocenters. The molecule has 1 N–H and O–H groups in total. The summed E-state index contributed by atoms with van der Waals surface area (Å²) < 4.78 is 5.80. The number of anilines is 2. The summed E-state index contributed by atoms with van der Waals surface area (Å²) in [5.41, 5.74) is 1.89. The zero-order valence-electron chi connectivity index (χ0n) is 14.4. The number of thiazole rings is 1. The lowest BCUT2D eigenvalue weighted by Crippen LogP contribution is -3.14. The van der Waals surface area contributed by atoms with Crippen LogP contribution in [-0.4, -0.2) is 36.2 Å². The van der Waals surface area contributed by atoms with Gasteiger partial charge >= 0.3 is 0 Å². The van der Waals surface area contributed by atoms with Crippen LogP contribution in [0, 0.1) is 0 Å². The molecule has 1 saturated heterocycles. The number of carbonyl (C=O) groups is 1. The van der Waals surface area contributed by atoms with Crippen LogP contribution in [0.25, 0.3) is 0 Å². The number of quaternary nitrogens is 1. The Labute approximate surface area is 146 Å². The van der Waals surface area contributed by atoms with Gasteiger partial charge in [-0.25, -0.2) is 4.98 Å². The quantitative estimate of drug-likeness (QED) is 0.921. The van der Waals surface area contributed by atoms with Gasteiger partial charge < -0.3 is 9.64 Å². The van der Waals surface area contributed by atoms with Crippen LogP contribution in [0.4, 0.5) is 10.8 Å². The van der Waals surface area contributed by atoms with Crippen LogP contribution >= 0.6 is 11.3 Å². The highest BCUT2D eigenvalue weighted by Gasteiger charge is 2.26. The lowest BCUT2D eigenvalue weighted by atomic mass is 10.2. The molecular formula is C18H24N3O2S+. The van der Waals surface area contributed by atoms with Gasteiger partial charge in [0.05, 0.1) is 5.69 Å². The molecule has 3 rings (SSSR count). The maximum absolute atomic E-state index is 12.1. The minimum absolute atomic E-state index is 0.0249. The van der Waals surface area contributed by atoms with Crippen LogP contribution in [0.1, 0.15) is 26.5 Å². The first-order chi connectivity index (χ1) is 11.5. The van der Waals surface area contributed by atoms with Crippen molar-refractivity contribution in [1.29, 1.82) is 0 Å². The summed E-state index contributed by atoms with van der Waals surface area (Å²) in [4.78, 5) is 20.0. The maximum Gasteiger partial charge on any atom is 0.230 e. The second-order valence-electron chi connectivity index (χ2n) is 6.40. The molecule has 2 heterocycles. The molecule has 1 amide bonds. The summed E-state index contributed by atoms with van der Waals surface area (Å²) >= 11 is 1.52. The van der Waals surface area contributed by atoms with Gasteiger partial charge in [0.15, 0.2) is 5.13 Å². The maximum atomic E-state index is 12.1. The molecule has 0 radical (unpaired) electrons. The Morgan fingerprint density at radius 1 is 1.29 bits per heavy atom. The number of hydrogen-bond acceptors (Lipinski definition) is 4. The number of nitrogens with one attached hydrogen (secondary N) is 1. The molecule has 5 nitrogen and oxygen atoms in total. The normalized spacial score (nSPS) is 23.9. The minimum atomic E-state index is -0.0249. The van der Waals surface area contributed by atoms with E-state index < -0.39 is 0 Å². The molecule has 2 aromatic rings. The SMILES string of the molecule is CC(=O)N(c1ccccc1)c1nc(C[NH+]2C[C@H](C)O[C@@H](C)C2)cs1. The summed E-state index contributed by atoms with van der Waals surface area (Å²) in [6.07, 6.45) is 0.555. The molecule has 1 fully saturated rings. The topological polar surface area (TPSA) is 46.9 Å². The van der Waals surface area contributed by atoms with Crippen LogP contribution in [0.3, 0.4) is 0 Å². The third-order valence-corrected chi connectivity index (χ3v) is 4.98. The van der Waals surface area contributed by atoms with E-state index in [2.05, 4.69) is 19.2 Å². The van der Waals surface area contributed by atoms with E-state index in [1.807, 2.05) is 30.3 Å². The molecule has 0 bridgehead atoms. The number of benzene rings is 1. The van der Waals surface area contributed by atoms with Crippen molar-refractivity contribution < 1.29 is 14.4 Å². The molecule has 6 heteroatoms. The fraction of sp³-hybridized carbons (Fsp3) is 0.444. The van der Waals surface area contributed by atoms with Crippen molar-refractivity contribution in [2.75, 3.05) is 18.0 Å². The van der Waals surface area contributed by atoms with E-state index in [-0.39, 0.29) is 18.1 Å². The monoisotopic (exact) mass is 346 g/mol. The average molecular weight is 346 g/mol. The van der Waals surface area contributed by atoms with Gasteiger partial charge in [0.2, 0.25) is 5.91 Å². The van der Waals surface area contributed by atoms with Crippen molar-refractivity contribution >= 4 is 28.1 Å². The fourth-order valence-corrected chi connectivity index (χ4v) is 4.16. The van der Waals surface area contributed by atoms with Gasteiger partial charge in [-0.1, -0.05) is 18.2 Å². The molecular weight excluding hydrogens is 322 g/mol. The number of hydrogen-bond donors (Lipinski definition) is 1. The van der Waals surface area contributed by atoms with E-state index in [1.54, 1.807) is 11.8 Å². The average Bonchev–Trinajstić information content (AvgIpc) is 2.95. The molecule has 1 aliphatic heterocycles. The smallest absolute Gasteiger partial charge is 0.230 e. The standard InChI is InChI=1S/C18H23N3O2S/c1-13-9-20(10-14(2)23-13)11-16-12-24-18(19-16)21(15(3)22)17-7-5-4-6-8-17/h4-8,12-14H,9-11H2,1-3H3/p+1/t13-,14-/m0/s1. The highest BCUT2D eigenvalue weighted by Crippen LogP contribution is 2.28. The molecule has 0 unspecified atom stereocenters. The lowest BCUT2D eigenvalue weighted by molar-refractivity contribution is -0.928. The van der Waals surface area contributed by atoms with Crippen molar-refractivity contribution in [3.05, 3.63) is 41.4 Å². The van der Waals surface area contributed by atoms with Crippen molar-refractivity contribution in [2.45, 2.75) is 39.5 Å². The molecule has 128 valence electrons. The third kappa shape index (κ3) is 4.01. The largest absolute Gasteiger partial charge is 0.364 e. The van der Waals surface area contributed by atoms with Crippen LogP contribution < -0.4 is 9.80 Å². The molecule has 0 aliphatic carbocycles. The second-order valence-corrected chi connectivity index (χ2v) is 7.24. The van der Waals surface area contributed by atoms with Crippen molar-refractivity contribution in [3.63, 3.8) is 0 Å². The van der Waals surface area contributed by atoms with E-state index in [0.717, 1.165) is 36.1 Å². The predicted molar refractivity (Wildman–Crippen MR) is 95.8 cm³/mol. The van der Waals surface area contributed by atoms with Gasteiger partial charge in [0.1, 0.15) is 37.5 Å². The second kappa shape index (κ2) is 7.42. The summed E-state index contributed by atoms with van der Waals surface area (Å²) in [5, 5.41) is 2.80. The summed E-state index contributed by atoms with van der Waals surface area (Å²) in [7, 11) is 0. The summed E-state index contributed by atoms with van der Waals surface area (Å²) in [6, 6.07) is 9.66. The van der Waals surface area contributed by atoms with Crippen LogP contribution in [0.5, 0.6) is 0 Å². The van der Waals surface area contributed by atoms with Gasteiger partial charge in [-0.05, 0) is 26.0 Å². The molecule has 1 aromatic carbocycles. The number of nitrogens with zero attached hydrogens (tertiary/aromatic N) is 2. The molecule has 1 aliphatic rings. The van der Waals surface area contributed by atoms with Crippen LogP contribution in [0.15, 0.2) is 35.7 Å². The van der Waals surface area contributed by atoms with E-state index in [1.165, 1.54) is 16.2 Å². The minimum Gasteiger partial charge on any atom is -0.364 e. The Kier molecular flexibility index (Phi) is 5.28. The first kappa shape index (κ1) is 17.1. The summed E-state index contributed by atoms with van der Waals surface area (Å²) in [5.74, 6) is -0.0249. The molecule has 0 spiro atoms. The van der Waals surface area contributed by atoms with Gasteiger partial charge in [0, 0.05) is 12.3 Å². The van der Waals surface area contributed by atoms with E-state index >= 15 is 0 Å². The van der Waals surface area contributed by atoms with Gasteiger partial charge in [-0.15, -0.1) is 11.3 Å². The number of rotatable bonds is 4. The first-order valence-electron chi connectivity index (χ1n) is 8.32. The lowest BCUT2D eigenvalue weighted by Gasteiger charge is -2.31.